The average molecular weight is 237 g/mol. The van der Waals surface area contributed by atoms with Gasteiger partial charge in [0.05, 0.1) is 12.4 Å². The van der Waals surface area contributed by atoms with E-state index in [2.05, 4.69) is 42.2 Å². The number of nitrogens with one attached hydrogen (secondary N) is 1. The summed E-state index contributed by atoms with van der Waals surface area (Å²) in [4.78, 5) is 4.70. The molecule has 0 bridgehead atoms. The second-order valence-corrected chi connectivity index (χ2v) is 4.64. The van der Waals surface area contributed by atoms with E-state index in [9.17, 15) is 0 Å². The monoisotopic (exact) mass is 237 g/mol. The van der Waals surface area contributed by atoms with E-state index < -0.39 is 0 Å². The van der Waals surface area contributed by atoms with Crippen LogP contribution in [0.1, 0.15) is 33.6 Å². The van der Waals surface area contributed by atoms with Gasteiger partial charge in [0.15, 0.2) is 0 Å². The first-order chi connectivity index (χ1) is 8.18. The zero-order valence-corrected chi connectivity index (χ0v) is 12.0. The molecule has 98 valence electrons. The zero-order valence-electron chi connectivity index (χ0n) is 12.0. The van der Waals surface area contributed by atoms with Gasteiger partial charge in [-0.05, 0) is 25.8 Å². The molecule has 1 aliphatic heterocycles. The van der Waals surface area contributed by atoms with Gasteiger partial charge >= 0.3 is 0 Å². The summed E-state index contributed by atoms with van der Waals surface area (Å²) < 4.78 is 0. The molecule has 1 aliphatic carbocycles. The maximum Gasteiger partial charge on any atom is 0.0680 e. The smallest absolute Gasteiger partial charge is 0.0680 e. The SMILES string of the molecule is CC.CC1=CC(N(C)C)=C(N2CCNC2)CC1. The Bertz CT molecular complexity index is 297. The molecule has 0 spiro atoms. The lowest BCUT2D eigenvalue weighted by atomic mass is 10.0. The molecule has 2 rings (SSSR count). The van der Waals surface area contributed by atoms with Gasteiger partial charge in [0.25, 0.3) is 0 Å². The molecule has 0 radical (unpaired) electrons. The van der Waals surface area contributed by atoms with Crippen LogP contribution in [-0.4, -0.2) is 43.7 Å². The summed E-state index contributed by atoms with van der Waals surface area (Å²) in [6, 6.07) is 0. The van der Waals surface area contributed by atoms with Gasteiger partial charge < -0.3 is 9.80 Å². The molecule has 1 heterocycles. The van der Waals surface area contributed by atoms with E-state index in [-0.39, 0.29) is 0 Å². The normalized spacial score (nSPS) is 19.8. The van der Waals surface area contributed by atoms with Crippen molar-refractivity contribution in [3.05, 3.63) is 23.0 Å². The molecule has 0 unspecified atom stereocenters. The first kappa shape index (κ1) is 14.1. The quantitative estimate of drug-likeness (QED) is 0.795. The standard InChI is InChI=1S/C12H21N3.C2H6/c1-10-4-5-11(12(8-10)14(2)3)15-7-6-13-9-15;1-2/h8,13H,4-7,9H2,1-3H3;1-2H3. The highest BCUT2D eigenvalue weighted by atomic mass is 15.3. The van der Waals surface area contributed by atoms with Gasteiger partial charge in [-0.2, -0.15) is 0 Å². The minimum atomic E-state index is 1.01. The number of hydrogen-bond acceptors (Lipinski definition) is 3. The van der Waals surface area contributed by atoms with E-state index in [0.29, 0.717) is 0 Å². The van der Waals surface area contributed by atoms with Crippen LogP contribution in [0.3, 0.4) is 0 Å². The molecule has 3 nitrogen and oxygen atoms in total. The molecule has 0 atom stereocenters. The molecule has 0 saturated carbocycles. The second kappa shape index (κ2) is 6.70. The van der Waals surface area contributed by atoms with Crippen molar-refractivity contribution in [2.24, 2.45) is 0 Å². The van der Waals surface area contributed by atoms with E-state index in [1.165, 1.54) is 29.8 Å². The molecule has 2 aliphatic rings. The molecule has 17 heavy (non-hydrogen) atoms. The summed E-state index contributed by atoms with van der Waals surface area (Å²) in [5.74, 6) is 0. The minimum Gasteiger partial charge on any atom is -0.376 e. The second-order valence-electron chi connectivity index (χ2n) is 4.64. The highest BCUT2D eigenvalue weighted by Gasteiger charge is 2.20. The fourth-order valence-electron chi connectivity index (χ4n) is 2.28. The number of likely N-dealkylation sites (N-methyl/N-ethyl adjacent to an activating group) is 1. The molecule has 0 amide bonds. The van der Waals surface area contributed by atoms with Crippen LogP contribution < -0.4 is 5.32 Å². The molecular weight excluding hydrogens is 210 g/mol. The zero-order chi connectivity index (χ0) is 12.8. The number of rotatable bonds is 2. The Labute approximate surface area is 106 Å². The number of hydrogen-bond donors (Lipinski definition) is 1. The Morgan fingerprint density at radius 2 is 1.94 bits per heavy atom. The van der Waals surface area contributed by atoms with Crippen molar-refractivity contribution < 1.29 is 0 Å². The van der Waals surface area contributed by atoms with Crippen LogP contribution in [0.2, 0.25) is 0 Å². The highest BCUT2D eigenvalue weighted by Crippen LogP contribution is 2.27. The largest absolute Gasteiger partial charge is 0.376 e. The van der Waals surface area contributed by atoms with Crippen molar-refractivity contribution in [2.45, 2.75) is 33.6 Å². The maximum absolute atomic E-state index is 3.39. The Balaban J connectivity index is 0.000000686. The third kappa shape index (κ3) is 3.50. The fourth-order valence-corrected chi connectivity index (χ4v) is 2.28. The van der Waals surface area contributed by atoms with Crippen LogP contribution in [-0.2, 0) is 0 Å². The van der Waals surface area contributed by atoms with Gasteiger partial charge in [-0.1, -0.05) is 19.4 Å². The average Bonchev–Trinajstić information content (AvgIpc) is 2.85. The lowest BCUT2D eigenvalue weighted by Gasteiger charge is -2.30. The summed E-state index contributed by atoms with van der Waals surface area (Å²) in [5, 5.41) is 3.39. The van der Waals surface area contributed by atoms with Crippen LogP contribution in [0.25, 0.3) is 0 Å². The lowest BCUT2D eigenvalue weighted by molar-refractivity contribution is 0.372. The molecule has 3 heteroatoms. The maximum atomic E-state index is 3.39. The molecule has 0 aromatic rings. The predicted octanol–water partition coefficient (Wildman–Crippen LogP) is 2.39. The van der Waals surface area contributed by atoms with Crippen molar-refractivity contribution >= 4 is 0 Å². The van der Waals surface area contributed by atoms with E-state index >= 15 is 0 Å². The first-order valence-electron chi connectivity index (χ1n) is 6.72. The summed E-state index contributed by atoms with van der Waals surface area (Å²) in [7, 11) is 4.27. The summed E-state index contributed by atoms with van der Waals surface area (Å²) in [6.07, 6.45) is 4.73. The fraction of sp³-hybridized carbons (Fsp3) is 0.714. The van der Waals surface area contributed by atoms with E-state index in [0.717, 1.165) is 19.8 Å². The molecule has 1 N–H and O–H groups in total. The Morgan fingerprint density at radius 1 is 1.24 bits per heavy atom. The summed E-state index contributed by atoms with van der Waals surface area (Å²) >= 11 is 0. The van der Waals surface area contributed by atoms with Gasteiger partial charge in [0, 0.05) is 32.9 Å². The van der Waals surface area contributed by atoms with Crippen molar-refractivity contribution in [1.82, 2.24) is 15.1 Å². The van der Waals surface area contributed by atoms with E-state index in [1.54, 1.807) is 0 Å². The molecule has 0 aromatic carbocycles. The van der Waals surface area contributed by atoms with E-state index in [1.807, 2.05) is 13.8 Å². The van der Waals surface area contributed by atoms with Crippen LogP contribution in [0, 0.1) is 0 Å². The van der Waals surface area contributed by atoms with Gasteiger partial charge in [0.1, 0.15) is 0 Å². The summed E-state index contributed by atoms with van der Waals surface area (Å²) in [6.45, 7) is 9.51. The third-order valence-electron chi connectivity index (χ3n) is 3.16. The Morgan fingerprint density at radius 3 is 2.47 bits per heavy atom. The van der Waals surface area contributed by atoms with Crippen LogP contribution in [0.15, 0.2) is 23.0 Å². The number of nitrogens with zero attached hydrogens (tertiary/aromatic N) is 2. The summed E-state index contributed by atoms with van der Waals surface area (Å²) in [5.41, 5.74) is 4.40. The van der Waals surface area contributed by atoms with Crippen LogP contribution in [0.4, 0.5) is 0 Å². The van der Waals surface area contributed by atoms with Gasteiger partial charge in [-0.15, -0.1) is 0 Å². The van der Waals surface area contributed by atoms with Crippen LogP contribution in [0.5, 0.6) is 0 Å². The van der Waals surface area contributed by atoms with Gasteiger partial charge in [0.2, 0.25) is 0 Å². The molecule has 1 fully saturated rings. The van der Waals surface area contributed by atoms with Crippen molar-refractivity contribution in [3.63, 3.8) is 0 Å². The topological polar surface area (TPSA) is 18.5 Å². The van der Waals surface area contributed by atoms with Crippen molar-refractivity contribution in [3.8, 4) is 0 Å². The Kier molecular flexibility index (Phi) is 5.56. The highest BCUT2D eigenvalue weighted by molar-refractivity contribution is 5.31. The van der Waals surface area contributed by atoms with Gasteiger partial charge in [-0.3, -0.25) is 5.32 Å². The lowest BCUT2D eigenvalue weighted by Crippen LogP contribution is -2.27. The molecular formula is C14H27N3. The van der Waals surface area contributed by atoms with Crippen LogP contribution >= 0.6 is 0 Å². The minimum absolute atomic E-state index is 1.01. The predicted molar refractivity (Wildman–Crippen MR) is 74.6 cm³/mol. The van der Waals surface area contributed by atoms with Gasteiger partial charge in [-0.25, -0.2) is 0 Å². The number of allylic oxidation sites excluding steroid dienone is 3. The third-order valence-corrected chi connectivity index (χ3v) is 3.16. The Hall–Kier alpha value is -0.960. The van der Waals surface area contributed by atoms with Crippen molar-refractivity contribution in [2.75, 3.05) is 33.9 Å². The first-order valence-corrected chi connectivity index (χ1v) is 6.72. The van der Waals surface area contributed by atoms with E-state index in [4.69, 9.17) is 0 Å². The molecule has 1 saturated heterocycles. The molecule has 0 aromatic heterocycles. The van der Waals surface area contributed by atoms with Crippen molar-refractivity contribution in [1.29, 1.82) is 0 Å².